The van der Waals surface area contributed by atoms with Gasteiger partial charge in [0.15, 0.2) is 0 Å². The Morgan fingerprint density at radius 3 is 1.44 bits per heavy atom. The second-order valence-corrected chi connectivity index (χ2v) is 39.7. The largest absolute Gasteiger partial charge is 0.313 e. The normalized spacial score (nSPS) is 18.9. The van der Waals surface area contributed by atoms with Gasteiger partial charge < -0.3 is 18.9 Å². The van der Waals surface area contributed by atoms with Crippen LogP contribution in [0.3, 0.4) is 0 Å². The third-order valence-corrected chi connectivity index (χ3v) is 28.6. The highest BCUT2D eigenvalue weighted by atomic mass is 15.2. The minimum absolute atomic E-state index is 0.00775. The molecule has 4 nitrogen and oxygen atoms in total. The second kappa shape index (κ2) is 21.4. The molecule has 11 aromatic carbocycles. The third kappa shape index (κ3) is 8.73. The topological polar surface area (TPSA) is 16.3 Å². The van der Waals surface area contributed by atoms with E-state index in [9.17, 15) is 0 Å². The fraction of sp³-hybridized carbons (Fsp3) is 0.314. The van der Waals surface area contributed by atoms with Gasteiger partial charge in [0.25, 0.3) is 13.4 Å². The number of fused-ring (bicyclic) bond motifs is 20. The molecule has 21 rings (SSSR count). The number of rotatable bonds is 5. The van der Waals surface area contributed by atoms with Crippen LogP contribution in [0.4, 0.5) is 34.1 Å². The predicted octanol–water partition coefficient (Wildman–Crippen LogP) is 22.2. The van der Waals surface area contributed by atoms with Crippen molar-refractivity contribution in [3.63, 3.8) is 0 Å². The van der Waals surface area contributed by atoms with Gasteiger partial charge in [-0.25, -0.2) is 0 Å². The second-order valence-electron chi connectivity index (χ2n) is 39.7. The molecule has 0 amide bonds. The van der Waals surface area contributed by atoms with Gasteiger partial charge in [0, 0.05) is 101 Å². The predicted molar refractivity (Wildman–Crippen MR) is 461 cm³/mol. The molecule has 108 heavy (non-hydrogen) atoms. The number of aryl methyl sites for hydroxylation is 2. The Balaban J connectivity index is 0.756. The van der Waals surface area contributed by atoms with E-state index in [0.717, 1.165) is 25.7 Å². The summed E-state index contributed by atoms with van der Waals surface area (Å²) in [6.07, 6.45) is 5.43. The van der Waals surface area contributed by atoms with Crippen LogP contribution in [0.5, 0.6) is 0 Å². The molecule has 0 bridgehead atoms. The molecule has 13 aromatic rings. The van der Waals surface area contributed by atoms with Crippen molar-refractivity contribution >= 4 is 102 Å². The van der Waals surface area contributed by atoms with E-state index in [1.807, 2.05) is 0 Å². The molecule has 0 saturated carbocycles. The highest BCUT2D eigenvalue weighted by Crippen LogP contribution is 2.59. The molecule has 6 heterocycles. The quantitative estimate of drug-likeness (QED) is 0.160. The van der Waals surface area contributed by atoms with Crippen LogP contribution in [0.25, 0.3) is 66.6 Å². The Morgan fingerprint density at radius 2 is 0.852 bits per heavy atom. The van der Waals surface area contributed by atoms with E-state index in [0.29, 0.717) is 0 Å². The Bertz CT molecular complexity index is 6240. The molecule has 4 aliphatic heterocycles. The highest BCUT2D eigenvalue weighted by molar-refractivity contribution is 7.01. The van der Waals surface area contributed by atoms with Crippen LogP contribution in [0.1, 0.15) is 216 Å². The van der Waals surface area contributed by atoms with Crippen molar-refractivity contribution in [1.82, 2.24) is 9.13 Å². The minimum Gasteiger partial charge on any atom is -0.313 e. The van der Waals surface area contributed by atoms with Gasteiger partial charge in [-0.15, -0.1) is 0 Å². The van der Waals surface area contributed by atoms with Crippen LogP contribution in [-0.4, -0.2) is 22.6 Å². The Morgan fingerprint density at radius 1 is 0.352 bits per heavy atom. The number of aromatic nitrogens is 2. The smallest absolute Gasteiger partial charge is 0.252 e. The van der Waals surface area contributed by atoms with Crippen molar-refractivity contribution < 1.29 is 0 Å². The average Bonchev–Trinajstić information content (AvgIpc) is 1.45. The maximum absolute atomic E-state index is 2.79. The van der Waals surface area contributed by atoms with Crippen molar-refractivity contribution in [3.8, 4) is 44.8 Å². The first-order valence-electron chi connectivity index (χ1n) is 40.4. The first kappa shape index (κ1) is 66.4. The molecule has 0 N–H and O–H groups in total. The lowest BCUT2D eigenvalue weighted by Crippen LogP contribution is -2.61. The Kier molecular flexibility index (Phi) is 13.1. The van der Waals surface area contributed by atoms with E-state index < -0.39 is 0 Å². The van der Waals surface area contributed by atoms with Gasteiger partial charge in [-0.05, 0) is 250 Å². The first-order valence-corrected chi connectivity index (χ1v) is 40.4. The average molecular weight is 1400 g/mol. The summed E-state index contributed by atoms with van der Waals surface area (Å²) in [4.78, 5) is 5.47. The summed E-state index contributed by atoms with van der Waals surface area (Å²) in [6.45, 7) is 46.5. The zero-order valence-corrected chi connectivity index (χ0v) is 67.0. The number of anilines is 6. The molecule has 0 radical (unpaired) electrons. The van der Waals surface area contributed by atoms with Crippen molar-refractivity contribution in [1.29, 1.82) is 0 Å². The summed E-state index contributed by atoms with van der Waals surface area (Å²) >= 11 is 0. The van der Waals surface area contributed by atoms with Crippen LogP contribution >= 0.6 is 0 Å². The van der Waals surface area contributed by atoms with Gasteiger partial charge in [0.1, 0.15) is 0 Å². The molecule has 1 unspecified atom stereocenters. The number of nitrogens with zero attached hydrogens (tertiary/aromatic N) is 4. The van der Waals surface area contributed by atoms with Gasteiger partial charge in [0.2, 0.25) is 0 Å². The van der Waals surface area contributed by atoms with Crippen LogP contribution < -0.4 is 42.6 Å². The van der Waals surface area contributed by atoms with Crippen LogP contribution in [0.2, 0.25) is 0 Å². The van der Waals surface area contributed by atoms with Crippen molar-refractivity contribution in [3.05, 3.63) is 273 Å². The van der Waals surface area contributed by atoms with E-state index in [-0.39, 0.29) is 56.7 Å². The van der Waals surface area contributed by atoms with Crippen molar-refractivity contribution in [2.45, 2.75) is 207 Å². The minimum atomic E-state index is -0.217. The van der Waals surface area contributed by atoms with E-state index in [1.165, 1.54) is 212 Å². The van der Waals surface area contributed by atoms with Gasteiger partial charge in [-0.2, -0.15) is 0 Å². The van der Waals surface area contributed by atoms with Crippen molar-refractivity contribution in [2.75, 3.05) is 9.80 Å². The fourth-order valence-corrected chi connectivity index (χ4v) is 22.8. The number of para-hydroxylation sites is 2. The van der Waals surface area contributed by atoms with Gasteiger partial charge >= 0.3 is 0 Å². The standard InChI is InChI=1S/C102H100B2N4/c1-58-47-83-89-85(49-58)107-92-68(88-66-30-21-23-34-71(66)100(15,16)93(88)107)32-26-36-78(92)104(89)79-55-75-74(56-82(79)105(83)64-39-40-72-73(54-64)98(11,12)44-43-97(72,9)10)99(13,14)45-46-102(75,19)57-60-27-24-28-61(51-60)69-52-62(95(3,4)5)38-42-80(69)106-81-53-63(96(6,7)8)37-41-76(81)103-77-35-25-31-67-87-65-29-20-22-33-70(65)101(17,18)94(87)108(91(67)77)86-50-59(2)48-84(106)90(86)103/h20-42,47-56H,43-46,57H2,1-19H3. The van der Waals surface area contributed by atoms with E-state index in [1.54, 1.807) is 0 Å². The first-order chi connectivity index (χ1) is 51.2. The number of hydrogen-bond donors (Lipinski definition) is 0. The summed E-state index contributed by atoms with van der Waals surface area (Å²) < 4.78 is 5.48. The molecular weight excluding hydrogens is 1300 g/mol. The maximum atomic E-state index is 2.79. The molecule has 1 atom stereocenters. The van der Waals surface area contributed by atoms with Crippen LogP contribution in [0, 0.1) is 13.8 Å². The summed E-state index contributed by atoms with van der Waals surface area (Å²) in [5.74, 6) is 0. The SMILES string of the molecule is Cc1cc2c3c(c1)-n1c4c(c5cccc(c51)B3c1cc3c(cc1N2c1ccc2c(c1)C(C)(C)CCC2(C)C)C(C)(C)CCC3(C)Cc1cccc(-c2cc(C(C)(C)C)ccc2N2c3cc(C(C)(C)C)ccc3B3c5c2cc(C)cc5-n2c5c(c6cccc3c62)-c2ccccc2C5(C)C)c1)-c1ccccc1C4(C)C. The lowest BCUT2D eigenvalue weighted by molar-refractivity contribution is 0.310. The molecule has 0 saturated heterocycles. The number of benzene rings is 11. The Hall–Kier alpha value is -9.77. The molecule has 2 aromatic heterocycles. The number of hydrogen-bond acceptors (Lipinski definition) is 2. The zero-order valence-electron chi connectivity index (χ0n) is 67.0. The zero-order chi connectivity index (χ0) is 74.7. The molecule has 4 aliphatic carbocycles. The molecular formula is C102H100B2N4. The van der Waals surface area contributed by atoms with E-state index in [4.69, 9.17) is 0 Å². The summed E-state index contributed by atoms with van der Waals surface area (Å²) in [5.41, 5.74) is 47.0. The summed E-state index contributed by atoms with van der Waals surface area (Å²) in [7, 11) is 0. The van der Waals surface area contributed by atoms with Gasteiger partial charge in [-0.3, -0.25) is 0 Å². The molecule has 534 valence electrons. The lowest BCUT2D eigenvalue weighted by atomic mass is 9.33. The molecule has 6 heteroatoms. The molecule has 0 spiro atoms. The monoisotopic (exact) mass is 1400 g/mol. The van der Waals surface area contributed by atoms with Gasteiger partial charge in [-0.1, -0.05) is 257 Å². The van der Waals surface area contributed by atoms with Crippen LogP contribution in [-0.2, 0) is 49.7 Å². The summed E-state index contributed by atoms with van der Waals surface area (Å²) in [5, 5.41) is 2.72. The van der Waals surface area contributed by atoms with Crippen molar-refractivity contribution in [2.24, 2.45) is 0 Å². The lowest BCUT2D eigenvalue weighted by Gasteiger charge is -2.48. The van der Waals surface area contributed by atoms with Crippen LogP contribution in [0.15, 0.2) is 200 Å². The molecule has 8 aliphatic rings. The third-order valence-electron chi connectivity index (χ3n) is 28.6. The van der Waals surface area contributed by atoms with E-state index >= 15 is 0 Å². The molecule has 0 fully saturated rings. The fourth-order valence-electron chi connectivity index (χ4n) is 22.8. The van der Waals surface area contributed by atoms with Gasteiger partial charge in [0.05, 0.1) is 5.69 Å². The highest BCUT2D eigenvalue weighted by Gasteiger charge is 2.52. The summed E-state index contributed by atoms with van der Waals surface area (Å²) in [6, 6.07) is 81.2. The van der Waals surface area contributed by atoms with E-state index in [2.05, 4.69) is 351 Å². The Labute approximate surface area is 641 Å². The maximum Gasteiger partial charge on any atom is 0.252 e.